The molecule has 8 nitrogen and oxygen atoms in total. The van der Waals surface area contributed by atoms with E-state index in [-0.39, 0.29) is 35.6 Å². The maximum absolute atomic E-state index is 12.7. The molecule has 0 saturated heterocycles. The van der Waals surface area contributed by atoms with Crippen LogP contribution in [0.5, 0.6) is 0 Å². The molecule has 1 atom stereocenters. The van der Waals surface area contributed by atoms with Crippen molar-refractivity contribution in [2.24, 2.45) is 0 Å². The molecule has 4 rings (SSSR count). The van der Waals surface area contributed by atoms with Crippen molar-refractivity contribution in [2.45, 2.75) is 49.4 Å². The Hall–Kier alpha value is -2.85. The maximum atomic E-state index is 12.7. The SMILES string of the molecule is CCC(C)OC(=O)Cn1c(SCCCN2C(=O)c3ccccc3S2(=O)=O)nc2ccccc21. The Bertz CT molecular complexity index is 1300. The normalized spacial score (nSPS) is 15.6. The number of aromatic nitrogens is 2. The highest BCUT2D eigenvalue weighted by molar-refractivity contribution is 7.99. The van der Waals surface area contributed by atoms with Crippen molar-refractivity contribution >= 4 is 44.7 Å². The molecule has 1 amide bonds. The van der Waals surface area contributed by atoms with Crippen LogP contribution in [0.3, 0.4) is 0 Å². The van der Waals surface area contributed by atoms with Gasteiger partial charge in [0.1, 0.15) is 11.4 Å². The molecule has 1 aliphatic heterocycles. The number of amides is 1. The average molecular weight is 488 g/mol. The molecule has 0 saturated carbocycles. The summed E-state index contributed by atoms with van der Waals surface area (Å²) in [5.41, 5.74) is 1.81. The zero-order valence-corrected chi connectivity index (χ0v) is 20.1. The number of ether oxygens (including phenoxy) is 1. The van der Waals surface area contributed by atoms with Crippen LogP contribution in [-0.4, -0.2) is 52.6 Å². The first-order chi connectivity index (χ1) is 15.8. The van der Waals surface area contributed by atoms with E-state index in [0.29, 0.717) is 17.3 Å². The standard InChI is InChI=1S/C23H25N3O5S2/c1-3-16(2)31-21(27)15-25-19-11-6-5-10-18(19)24-23(25)32-14-8-13-26-22(28)17-9-4-7-12-20(17)33(26,29)30/h4-7,9-12,16H,3,8,13-15H2,1-2H3. The second kappa shape index (κ2) is 9.56. The molecule has 2 aromatic carbocycles. The quantitative estimate of drug-likeness (QED) is 0.258. The number of carbonyl (C=O) groups is 2. The second-order valence-electron chi connectivity index (χ2n) is 7.76. The van der Waals surface area contributed by atoms with Gasteiger partial charge in [-0.15, -0.1) is 0 Å². The van der Waals surface area contributed by atoms with Gasteiger partial charge in [-0.3, -0.25) is 9.59 Å². The Morgan fingerprint density at radius 2 is 1.88 bits per heavy atom. The fourth-order valence-electron chi connectivity index (χ4n) is 3.61. The molecule has 0 bridgehead atoms. The Balaban J connectivity index is 1.44. The molecule has 2 heterocycles. The van der Waals surface area contributed by atoms with Gasteiger partial charge in [0.15, 0.2) is 5.16 Å². The van der Waals surface area contributed by atoms with E-state index in [1.54, 1.807) is 12.1 Å². The van der Waals surface area contributed by atoms with E-state index in [4.69, 9.17) is 4.74 Å². The largest absolute Gasteiger partial charge is 0.461 e. The minimum Gasteiger partial charge on any atom is -0.461 e. The Labute approximate surface area is 197 Å². The van der Waals surface area contributed by atoms with E-state index in [9.17, 15) is 18.0 Å². The highest BCUT2D eigenvalue weighted by atomic mass is 32.2. The lowest BCUT2D eigenvalue weighted by Crippen LogP contribution is -2.31. The molecule has 0 fully saturated rings. The summed E-state index contributed by atoms with van der Waals surface area (Å²) in [4.78, 5) is 29.6. The summed E-state index contributed by atoms with van der Waals surface area (Å²) in [6.45, 7) is 3.93. The predicted molar refractivity (Wildman–Crippen MR) is 126 cm³/mol. The molecule has 1 aromatic heterocycles. The number of esters is 1. The van der Waals surface area contributed by atoms with Crippen LogP contribution in [-0.2, 0) is 26.1 Å². The maximum Gasteiger partial charge on any atom is 0.326 e. The first-order valence-corrected chi connectivity index (χ1v) is 13.2. The molecule has 0 N–H and O–H groups in total. The highest BCUT2D eigenvalue weighted by Crippen LogP contribution is 2.31. The number of carbonyl (C=O) groups excluding carboxylic acids is 2. The summed E-state index contributed by atoms with van der Waals surface area (Å²) < 4.78 is 33.6. The molecular weight excluding hydrogens is 462 g/mol. The number of fused-ring (bicyclic) bond motifs is 2. The van der Waals surface area contributed by atoms with Crippen molar-refractivity contribution in [2.75, 3.05) is 12.3 Å². The van der Waals surface area contributed by atoms with Gasteiger partial charge in [-0.2, -0.15) is 0 Å². The van der Waals surface area contributed by atoms with Crippen molar-refractivity contribution in [3.63, 3.8) is 0 Å². The summed E-state index contributed by atoms with van der Waals surface area (Å²) in [6, 6.07) is 13.8. The van der Waals surface area contributed by atoms with E-state index in [0.717, 1.165) is 21.8 Å². The summed E-state index contributed by atoms with van der Waals surface area (Å²) in [7, 11) is -3.81. The average Bonchev–Trinajstić information content (AvgIpc) is 3.24. The number of para-hydroxylation sites is 2. The van der Waals surface area contributed by atoms with E-state index in [2.05, 4.69) is 4.98 Å². The number of nitrogens with zero attached hydrogens (tertiary/aromatic N) is 3. The van der Waals surface area contributed by atoms with Crippen molar-refractivity contribution in [3.05, 3.63) is 54.1 Å². The van der Waals surface area contributed by atoms with E-state index in [1.807, 2.05) is 42.7 Å². The lowest BCUT2D eigenvalue weighted by molar-refractivity contribution is -0.149. The van der Waals surface area contributed by atoms with Gasteiger partial charge in [-0.25, -0.2) is 17.7 Å². The minimum atomic E-state index is -3.81. The van der Waals surface area contributed by atoms with E-state index >= 15 is 0 Å². The molecular formula is C23H25N3O5S2. The topological polar surface area (TPSA) is 98.6 Å². The van der Waals surface area contributed by atoms with Gasteiger partial charge in [0.2, 0.25) is 0 Å². The molecule has 10 heteroatoms. The van der Waals surface area contributed by atoms with E-state index < -0.39 is 15.9 Å². The molecule has 1 aliphatic rings. The smallest absolute Gasteiger partial charge is 0.326 e. The minimum absolute atomic E-state index is 0.0431. The number of benzene rings is 2. The molecule has 1 unspecified atom stereocenters. The van der Waals surface area contributed by atoms with Crippen molar-refractivity contribution in [1.29, 1.82) is 0 Å². The van der Waals surface area contributed by atoms with Crippen molar-refractivity contribution in [3.8, 4) is 0 Å². The predicted octanol–water partition coefficient (Wildman–Crippen LogP) is 3.70. The van der Waals surface area contributed by atoms with E-state index in [1.165, 1.54) is 23.9 Å². The van der Waals surface area contributed by atoms with Crippen LogP contribution in [0.15, 0.2) is 58.6 Å². The van der Waals surface area contributed by atoms with Gasteiger partial charge in [-0.1, -0.05) is 43.0 Å². The number of rotatable bonds is 9. The van der Waals surface area contributed by atoms with Crippen LogP contribution in [0.25, 0.3) is 11.0 Å². The lowest BCUT2D eigenvalue weighted by Gasteiger charge is -2.15. The summed E-state index contributed by atoms with van der Waals surface area (Å²) in [6.07, 6.45) is 1.02. The van der Waals surface area contributed by atoms with Crippen LogP contribution in [0.4, 0.5) is 0 Å². The fraction of sp³-hybridized carbons (Fsp3) is 0.348. The zero-order valence-electron chi connectivity index (χ0n) is 18.4. The summed E-state index contributed by atoms with van der Waals surface area (Å²) >= 11 is 1.42. The van der Waals surface area contributed by atoms with Crippen LogP contribution >= 0.6 is 11.8 Å². The Morgan fingerprint density at radius 3 is 2.64 bits per heavy atom. The van der Waals surface area contributed by atoms with Crippen molar-refractivity contribution in [1.82, 2.24) is 13.9 Å². The zero-order chi connectivity index (χ0) is 23.6. The number of sulfonamides is 1. The molecule has 0 aliphatic carbocycles. The van der Waals surface area contributed by atoms with Gasteiger partial charge in [0, 0.05) is 12.3 Å². The van der Waals surface area contributed by atoms with Crippen molar-refractivity contribution < 1.29 is 22.7 Å². The first kappa shape index (κ1) is 23.3. The van der Waals surface area contributed by atoms with Gasteiger partial charge in [0.05, 0.1) is 22.7 Å². The van der Waals surface area contributed by atoms with Gasteiger partial charge in [0.25, 0.3) is 15.9 Å². The highest BCUT2D eigenvalue weighted by Gasteiger charge is 2.40. The fourth-order valence-corrected chi connectivity index (χ4v) is 6.16. The van der Waals surface area contributed by atoms with Crippen LogP contribution in [0, 0.1) is 0 Å². The van der Waals surface area contributed by atoms with Gasteiger partial charge in [-0.05, 0) is 44.0 Å². The van der Waals surface area contributed by atoms with Crippen LogP contribution in [0.2, 0.25) is 0 Å². The molecule has 0 spiro atoms. The third-order valence-corrected chi connectivity index (χ3v) is 8.37. The third kappa shape index (κ3) is 4.63. The summed E-state index contributed by atoms with van der Waals surface area (Å²) in [5.74, 6) is -0.296. The Kier molecular flexibility index (Phi) is 6.76. The third-order valence-electron chi connectivity index (χ3n) is 5.46. The number of imidazole rings is 1. The molecule has 3 aromatic rings. The van der Waals surface area contributed by atoms with Gasteiger partial charge >= 0.3 is 5.97 Å². The van der Waals surface area contributed by atoms with Gasteiger partial charge < -0.3 is 9.30 Å². The first-order valence-electron chi connectivity index (χ1n) is 10.8. The summed E-state index contributed by atoms with van der Waals surface area (Å²) in [5, 5.41) is 0.649. The number of hydrogen-bond donors (Lipinski definition) is 0. The molecule has 33 heavy (non-hydrogen) atoms. The molecule has 174 valence electrons. The Morgan fingerprint density at radius 1 is 1.15 bits per heavy atom. The molecule has 0 radical (unpaired) electrons. The van der Waals surface area contributed by atoms with Crippen LogP contribution < -0.4 is 0 Å². The van der Waals surface area contributed by atoms with Crippen LogP contribution in [0.1, 0.15) is 37.0 Å². The monoisotopic (exact) mass is 487 g/mol. The number of hydrogen-bond acceptors (Lipinski definition) is 7. The number of thioether (sulfide) groups is 1. The second-order valence-corrected chi connectivity index (χ2v) is 10.7. The lowest BCUT2D eigenvalue weighted by atomic mass is 10.2.